The van der Waals surface area contributed by atoms with Gasteiger partial charge in [-0.25, -0.2) is 4.57 Å². The summed E-state index contributed by atoms with van der Waals surface area (Å²) in [7, 11) is 1.45. The lowest BCUT2D eigenvalue weighted by Crippen LogP contribution is -2.37. The largest absolute Gasteiger partial charge is 0.472 e. The highest BCUT2D eigenvalue weighted by Gasteiger charge is 2.27. The van der Waals surface area contributed by atoms with Crippen molar-refractivity contribution in [2.75, 3.05) is 47.5 Å². The third kappa shape index (κ3) is 57.7. The maximum atomic E-state index is 12.8. The number of hydrogen-bond acceptors (Lipinski definition) is 7. The zero-order chi connectivity index (χ0) is 54.2. The van der Waals surface area contributed by atoms with E-state index >= 15 is 0 Å². The summed E-state index contributed by atoms with van der Waals surface area (Å²) in [6.07, 6.45) is 76.9. The highest BCUT2D eigenvalue weighted by molar-refractivity contribution is 7.47. The van der Waals surface area contributed by atoms with E-state index in [1.54, 1.807) is 0 Å². The molecule has 422 valence electrons. The zero-order valence-electron chi connectivity index (χ0n) is 47.8. The van der Waals surface area contributed by atoms with Crippen LogP contribution < -0.4 is 0 Å². The third-order valence-electron chi connectivity index (χ3n) is 12.0. The van der Waals surface area contributed by atoms with Crippen LogP contribution in [-0.2, 0) is 32.7 Å². The van der Waals surface area contributed by atoms with E-state index in [0.29, 0.717) is 17.4 Å². The SMILES string of the molecule is CC/C=C\C/C=C\C/C=C\C/C=C\C/C=C\C/C=C\C/C=C\C/C=C\CCCCCCCCCCC(=O)OC(COC(=O)CCCCCCCCC/C=C\C/C=C\CCCCC)COP(=O)(O)OCC[N+](C)(C)C. The second-order valence-electron chi connectivity index (χ2n) is 20.3. The third-order valence-corrected chi connectivity index (χ3v) is 13.0. The van der Waals surface area contributed by atoms with E-state index in [1.165, 1.54) is 70.6 Å². The van der Waals surface area contributed by atoms with Crippen LogP contribution in [0.25, 0.3) is 0 Å². The highest BCUT2D eigenvalue weighted by Crippen LogP contribution is 2.43. The van der Waals surface area contributed by atoms with Crippen molar-refractivity contribution in [1.82, 2.24) is 0 Å². The van der Waals surface area contributed by atoms with Gasteiger partial charge in [-0.2, -0.15) is 0 Å². The van der Waals surface area contributed by atoms with Crippen LogP contribution in [0.2, 0.25) is 0 Å². The predicted molar refractivity (Wildman–Crippen MR) is 316 cm³/mol. The van der Waals surface area contributed by atoms with Crippen molar-refractivity contribution in [2.24, 2.45) is 0 Å². The molecule has 0 rings (SSSR count). The van der Waals surface area contributed by atoms with Crippen molar-refractivity contribution in [1.29, 1.82) is 0 Å². The van der Waals surface area contributed by atoms with Crippen molar-refractivity contribution in [3.05, 3.63) is 122 Å². The second-order valence-corrected chi connectivity index (χ2v) is 21.7. The first kappa shape index (κ1) is 70.4. The average Bonchev–Trinajstić information content (AvgIpc) is 3.36. The number of carbonyl (C=O) groups is 2. The molecule has 0 aliphatic carbocycles. The van der Waals surface area contributed by atoms with E-state index in [-0.39, 0.29) is 32.0 Å². The molecule has 9 nitrogen and oxygen atoms in total. The number of phosphoric acid groups is 1. The maximum Gasteiger partial charge on any atom is 0.472 e. The van der Waals surface area contributed by atoms with Crippen molar-refractivity contribution >= 4 is 19.8 Å². The summed E-state index contributed by atoms with van der Waals surface area (Å²) in [5.74, 6) is -0.823. The summed E-state index contributed by atoms with van der Waals surface area (Å²) in [6, 6.07) is 0. The van der Waals surface area contributed by atoms with E-state index in [1.807, 2.05) is 21.1 Å². The van der Waals surface area contributed by atoms with E-state index < -0.39 is 26.5 Å². The summed E-state index contributed by atoms with van der Waals surface area (Å²) in [5, 5.41) is 0. The molecular formula is C64H109NO8P+. The van der Waals surface area contributed by atoms with Gasteiger partial charge in [-0.1, -0.05) is 219 Å². The summed E-state index contributed by atoms with van der Waals surface area (Å²) in [6.45, 7) is 4.26. The molecule has 0 heterocycles. The molecule has 0 aromatic heterocycles. The fourth-order valence-corrected chi connectivity index (χ4v) is 8.21. The van der Waals surface area contributed by atoms with Gasteiger partial charge in [0.2, 0.25) is 0 Å². The molecule has 0 amide bonds. The number of unbranched alkanes of at least 4 members (excludes halogenated alkanes) is 18. The molecule has 0 saturated heterocycles. The smallest absolute Gasteiger partial charge is 0.462 e. The molecule has 0 aliphatic heterocycles. The van der Waals surface area contributed by atoms with Gasteiger partial charge in [0, 0.05) is 12.8 Å². The molecule has 0 fully saturated rings. The lowest BCUT2D eigenvalue weighted by atomic mass is 10.1. The van der Waals surface area contributed by atoms with Gasteiger partial charge in [0.1, 0.15) is 19.8 Å². The Morgan fingerprint density at radius 3 is 1.15 bits per heavy atom. The van der Waals surface area contributed by atoms with Gasteiger partial charge in [0.15, 0.2) is 6.10 Å². The Morgan fingerprint density at radius 1 is 0.432 bits per heavy atom. The molecule has 0 saturated carbocycles. The molecule has 2 unspecified atom stereocenters. The Labute approximate surface area is 454 Å². The number of ether oxygens (including phenoxy) is 2. The van der Waals surface area contributed by atoms with Gasteiger partial charge in [-0.15, -0.1) is 0 Å². The summed E-state index contributed by atoms with van der Waals surface area (Å²) >= 11 is 0. The number of quaternary nitrogens is 1. The minimum absolute atomic E-state index is 0.0223. The zero-order valence-corrected chi connectivity index (χ0v) is 48.7. The van der Waals surface area contributed by atoms with E-state index in [9.17, 15) is 19.0 Å². The quantitative estimate of drug-likeness (QED) is 0.0211. The molecule has 0 bridgehead atoms. The van der Waals surface area contributed by atoms with Crippen LogP contribution in [0.3, 0.4) is 0 Å². The first-order chi connectivity index (χ1) is 36.0. The lowest BCUT2D eigenvalue weighted by Gasteiger charge is -2.24. The van der Waals surface area contributed by atoms with Crippen LogP contribution in [-0.4, -0.2) is 74.9 Å². The first-order valence-electron chi connectivity index (χ1n) is 29.3. The normalized spacial score (nSPS) is 14.2. The molecule has 74 heavy (non-hydrogen) atoms. The summed E-state index contributed by atoms with van der Waals surface area (Å²) in [4.78, 5) is 35.7. The standard InChI is InChI=1S/C64H108NO8P/c1-6-8-10-12-14-16-18-20-22-24-25-26-27-28-29-30-31-32-33-34-35-36-37-38-39-41-43-45-47-49-51-53-55-57-64(67)73-62(61-72-74(68,69)71-59-58-65(3,4)5)60-70-63(66)56-54-52-50-48-46-44-42-40-23-21-19-17-15-13-11-9-7-2/h8,10,14-17,20-23,25-26,28-29,31-32,34-35,37-38,62H,6-7,9,11-13,18-19,24,27,30,33,36,39-61H2,1-5H3/p+1/b10-8-,16-14-,17-15-,22-20-,23-21-,26-25-,29-28-,32-31-,35-34-,38-37-. The van der Waals surface area contributed by atoms with Gasteiger partial charge >= 0.3 is 19.8 Å². The monoisotopic (exact) mass is 1050 g/mol. The van der Waals surface area contributed by atoms with Crippen molar-refractivity contribution < 1.29 is 42.1 Å². The number of allylic oxidation sites excluding steroid dienone is 20. The molecule has 0 aromatic carbocycles. The molecule has 10 heteroatoms. The van der Waals surface area contributed by atoms with Gasteiger partial charge in [0.05, 0.1) is 27.7 Å². The van der Waals surface area contributed by atoms with Gasteiger partial charge < -0.3 is 18.9 Å². The van der Waals surface area contributed by atoms with E-state index in [2.05, 4.69) is 135 Å². The number of rotatable bonds is 52. The molecule has 0 spiro atoms. The van der Waals surface area contributed by atoms with Crippen LogP contribution in [0, 0.1) is 0 Å². The maximum absolute atomic E-state index is 12.8. The Balaban J connectivity index is 4.20. The van der Waals surface area contributed by atoms with Crippen molar-refractivity contribution in [3.8, 4) is 0 Å². The number of nitrogens with zero attached hydrogens (tertiary/aromatic N) is 1. The fourth-order valence-electron chi connectivity index (χ4n) is 7.47. The van der Waals surface area contributed by atoms with Gasteiger partial charge in [0.25, 0.3) is 0 Å². The van der Waals surface area contributed by atoms with Crippen LogP contribution in [0.5, 0.6) is 0 Å². The number of carbonyl (C=O) groups excluding carboxylic acids is 2. The van der Waals surface area contributed by atoms with Crippen molar-refractivity contribution in [3.63, 3.8) is 0 Å². The molecule has 0 aromatic rings. The fraction of sp³-hybridized carbons (Fsp3) is 0.656. The summed E-state index contributed by atoms with van der Waals surface area (Å²) < 4.78 is 34.5. The van der Waals surface area contributed by atoms with Gasteiger partial charge in [-0.3, -0.25) is 18.6 Å². The number of phosphoric ester groups is 1. The minimum atomic E-state index is -4.40. The minimum Gasteiger partial charge on any atom is -0.462 e. The Bertz CT molecular complexity index is 1660. The van der Waals surface area contributed by atoms with Crippen LogP contribution in [0.4, 0.5) is 0 Å². The Hall–Kier alpha value is -3.59. The van der Waals surface area contributed by atoms with E-state index in [4.69, 9.17) is 18.5 Å². The Kier molecular flexibility index (Phi) is 51.6. The van der Waals surface area contributed by atoms with Crippen LogP contribution in [0.1, 0.15) is 219 Å². The number of hydrogen-bond donors (Lipinski definition) is 1. The molecule has 0 aliphatic rings. The predicted octanol–water partition coefficient (Wildman–Crippen LogP) is 18.4. The lowest BCUT2D eigenvalue weighted by molar-refractivity contribution is -0.870. The van der Waals surface area contributed by atoms with Crippen LogP contribution >= 0.6 is 7.82 Å². The molecule has 1 N–H and O–H groups in total. The topological polar surface area (TPSA) is 108 Å². The van der Waals surface area contributed by atoms with Gasteiger partial charge in [-0.05, 0) is 109 Å². The highest BCUT2D eigenvalue weighted by atomic mass is 31.2. The number of esters is 2. The van der Waals surface area contributed by atoms with Crippen LogP contribution in [0.15, 0.2) is 122 Å². The molecular weight excluding hydrogens is 942 g/mol. The average molecular weight is 1050 g/mol. The van der Waals surface area contributed by atoms with E-state index in [0.717, 1.165) is 116 Å². The Morgan fingerprint density at radius 2 is 0.770 bits per heavy atom. The second kappa shape index (κ2) is 54.2. The van der Waals surface area contributed by atoms with Crippen molar-refractivity contribution in [2.45, 2.75) is 225 Å². The number of likely N-dealkylation sites (N-methyl/N-ethyl adjacent to an activating group) is 1. The molecule has 0 radical (unpaired) electrons. The molecule has 2 atom stereocenters. The summed E-state index contributed by atoms with van der Waals surface area (Å²) in [5.41, 5.74) is 0. The first-order valence-corrected chi connectivity index (χ1v) is 30.8.